The highest BCUT2D eigenvalue weighted by Crippen LogP contribution is 2.21. The molecule has 0 atom stereocenters. The normalized spacial score (nSPS) is 10.3. The monoisotopic (exact) mass is 277 g/mol. The first-order valence-electron chi connectivity index (χ1n) is 5.34. The van der Waals surface area contributed by atoms with Gasteiger partial charge in [-0.25, -0.2) is 4.98 Å². The van der Waals surface area contributed by atoms with Crippen molar-refractivity contribution in [2.45, 2.75) is 10.8 Å². The van der Waals surface area contributed by atoms with Crippen LogP contribution in [0.4, 0.5) is 0 Å². The topological polar surface area (TPSA) is 62.8 Å². The van der Waals surface area contributed by atoms with Crippen molar-refractivity contribution < 1.29 is 0 Å². The Morgan fingerprint density at radius 2 is 1.94 bits per heavy atom. The van der Waals surface area contributed by atoms with Crippen LogP contribution in [0.15, 0.2) is 47.5 Å². The lowest BCUT2D eigenvalue weighted by Gasteiger charge is -2.03. The lowest BCUT2D eigenvalue weighted by molar-refractivity contribution is 1.10. The van der Waals surface area contributed by atoms with Gasteiger partial charge in [0.25, 0.3) is 0 Å². The van der Waals surface area contributed by atoms with Gasteiger partial charge in [-0.15, -0.1) is 11.8 Å². The number of thioether (sulfide) groups is 1. The zero-order valence-corrected chi connectivity index (χ0v) is 11.1. The van der Waals surface area contributed by atoms with E-state index in [1.807, 2.05) is 36.4 Å². The van der Waals surface area contributed by atoms with Crippen LogP contribution in [0.3, 0.4) is 0 Å². The molecule has 0 saturated carbocycles. The van der Waals surface area contributed by atoms with E-state index < -0.39 is 0 Å². The summed E-state index contributed by atoms with van der Waals surface area (Å²) in [7, 11) is 0. The summed E-state index contributed by atoms with van der Waals surface area (Å²) in [5.74, 6) is 0.801. The number of halogens is 1. The molecule has 18 heavy (non-hydrogen) atoms. The second kappa shape index (κ2) is 5.89. The second-order valence-electron chi connectivity index (χ2n) is 3.69. The number of hydrogen-bond donors (Lipinski definition) is 2. The minimum atomic E-state index is -0.0102. The highest BCUT2D eigenvalue weighted by atomic mass is 35.5. The van der Waals surface area contributed by atoms with Gasteiger partial charge in [0.05, 0.1) is 5.03 Å². The molecule has 3 N–H and O–H groups in total. The summed E-state index contributed by atoms with van der Waals surface area (Å²) in [6, 6.07) is 13.2. The van der Waals surface area contributed by atoms with Crippen molar-refractivity contribution in [2.75, 3.05) is 0 Å². The summed E-state index contributed by atoms with van der Waals surface area (Å²) in [5.41, 5.74) is 7.09. The smallest absolute Gasteiger partial charge is 0.141 e. The number of aromatic nitrogens is 1. The standard InChI is InChI=1S/C13H12ClN3S/c14-10-6-4-9(5-7-10)8-18-12-3-1-2-11(17-12)13(15)16/h1-7H,8H2,(H3,15,16). The molecule has 0 saturated heterocycles. The number of nitrogens with zero attached hydrogens (tertiary/aromatic N) is 1. The highest BCUT2D eigenvalue weighted by Gasteiger charge is 2.01. The number of nitrogens with two attached hydrogens (primary N) is 1. The molecule has 1 aromatic heterocycles. The third-order valence-electron chi connectivity index (χ3n) is 2.30. The molecule has 2 rings (SSSR count). The summed E-state index contributed by atoms with van der Waals surface area (Å²) in [5, 5.41) is 8.94. The third kappa shape index (κ3) is 3.48. The van der Waals surface area contributed by atoms with Crippen LogP contribution in [-0.4, -0.2) is 10.8 Å². The Morgan fingerprint density at radius 1 is 1.22 bits per heavy atom. The lowest BCUT2D eigenvalue weighted by Crippen LogP contribution is -2.12. The van der Waals surface area contributed by atoms with Crippen molar-refractivity contribution in [1.29, 1.82) is 5.41 Å². The van der Waals surface area contributed by atoms with E-state index in [4.69, 9.17) is 22.7 Å². The first-order valence-corrected chi connectivity index (χ1v) is 6.70. The largest absolute Gasteiger partial charge is 0.382 e. The van der Waals surface area contributed by atoms with Crippen molar-refractivity contribution in [1.82, 2.24) is 4.98 Å². The minimum absolute atomic E-state index is 0.0102. The molecule has 1 heterocycles. The van der Waals surface area contributed by atoms with Gasteiger partial charge in [0.15, 0.2) is 0 Å². The Bertz CT molecular complexity index is 554. The van der Waals surface area contributed by atoms with Crippen LogP contribution in [-0.2, 0) is 5.75 Å². The van der Waals surface area contributed by atoms with Gasteiger partial charge in [-0.2, -0.15) is 0 Å². The fourth-order valence-corrected chi connectivity index (χ4v) is 2.35. The first-order chi connectivity index (χ1) is 8.65. The van der Waals surface area contributed by atoms with Crippen LogP contribution < -0.4 is 5.73 Å². The average Bonchev–Trinajstić information content (AvgIpc) is 2.38. The Morgan fingerprint density at radius 3 is 2.61 bits per heavy atom. The molecular weight excluding hydrogens is 266 g/mol. The second-order valence-corrected chi connectivity index (χ2v) is 5.12. The highest BCUT2D eigenvalue weighted by molar-refractivity contribution is 7.98. The van der Waals surface area contributed by atoms with Crippen LogP contribution >= 0.6 is 23.4 Å². The van der Waals surface area contributed by atoms with Crippen LogP contribution in [0.2, 0.25) is 5.02 Å². The SMILES string of the molecule is N=C(N)c1cccc(SCc2ccc(Cl)cc2)n1. The maximum Gasteiger partial charge on any atom is 0.141 e. The summed E-state index contributed by atoms with van der Waals surface area (Å²) in [4.78, 5) is 4.29. The van der Waals surface area contributed by atoms with Gasteiger partial charge in [-0.1, -0.05) is 29.8 Å². The molecule has 0 bridgehead atoms. The van der Waals surface area contributed by atoms with Crippen molar-refractivity contribution in [3.8, 4) is 0 Å². The van der Waals surface area contributed by atoms with E-state index in [-0.39, 0.29) is 5.84 Å². The summed E-state index contributed by atoms with van der Waals surface area (Å²) in [6.07, 6.45) is 0. The molecule has 2 aromatic rings. The Kier molecular flexibility index (Phi) is 4.23. The maximum absolute atomic E-state index is 7.34. The Balaban J connectivity index is 2.04. The number of benzene rings is 1. The molecule has 0 radical (unpaired) electrons. The Labute approximate surface area is 115 Å². The fourth-order valence-electron chi connectivity index (χ4n) is 1.38. The van der Waals surface area contributed by atoms with Gasteiger partial charge >= 0.3 is 0 Å². The van der Waals surface area contributed by atoms with Crippen molar-refractivity contribution in [3.05, 3.63) is 58.7 Å². The number of rotatable bonds is 4. The summed E-state index contributed by atoms with van der Waals surface area (Å²) >= 11 is 7.43. The number of hydrogen-bond acceptors (Lipinski definition) is 3. The van der Waals surface area contributed by atoms with Crippen LogP contribution in [0, 0.1) is 5.41 Å². The van der Waals surface area contributed by atoms with Crippen molar-refractivity contribution >= 4 is 29.2 Å². The molecule has 0 aliphatic heterocycles. The zero-order valence-electron chi connectivity index (χ0n) is 9.56. The van der Waals surface area contributed by atoms with Crippen LogP contribution in [0.1, 0.15) is 11.3 Å². The molecule has 0 unspecified atom stereocenters. The molecule has 5 heteroatoms. The number of nitrogen functional groups attached to an aromatic ring is 1. The predicted octanol–water partition coefficient (Wildman–Crippen LogP) is 3.31. The summed E-state index contributed by atoms with van der Waals surface area (Å²) in [6.45, 7) is 0. The van der Waals surface area contributed by atoms with E-state index in [0.29, 0.717) is 5.69 Å². The molecule has 92 valence electrons. The lowest BCUT2D eigenvalue weighted by atomic mass is 10.2. The van der Waals surface area contributed by atoms with Gasteiger partial charge in [-0.05, 0) is 29.8 Å². The van der Waals surface area contributed by atoms with Gasteiger partial charge in [0.1, 0.15) is 11.5 Å². The van der Waals surface area contributed by atoms with E-state index in [2.05, 4.69) is 4.98 Å². The van der Waals surface area contributed by atoms with E-state index in [1.54, 1.807) is 17.8 Å². The van der Waals surface area contributed by atoms with Crippen molar-refractivity contribution in [2.24, 2.45) is 5.73 Å². The van der Waals surface area contributed by atoms with E-state index in [0.717, 1.165) is 15.8 Å². The molecule has 0 amide bonds. The van der Waals surface area contributed by atoms with Crippen LogP contribution in [0.25, 0.3) is 0 Å². The zero-order chi connectivity index (χ0) is 13.0. The van der Waals surface area contributed by atoms with Crippen molar-refractivity contribution in [3.63, 3.8) is 0 Å². The summed E-state index contributed by atoms with van der Waals surface area (Å²) < 4.78 is 0. The number of amidine groups is 1. The average molecular weight is 278 g/mol. The molecular formula is C13H12ClN3S. The van der Waals surface area contributed by atoms with Gasteiger partial charge in [-0.3, -0.25) is 5.41 Å². The molecule has 1 aromatic carbocycles. The molecule has 0 aliphatic carbocycles. The maximum atomic E-state index is 7.34. The van der Waals surface area contributed by atoms with E-state index in [1.165, 1.54) is 5.56 Å². The molecule has 0 spiro atoms. The molecule has 3 nitrogen and oxygen atoms in total. The number of pyridine rings is 1. The Hall–Kier alpha value is -1.52. The fraction of sp³-hybridized carbons (Fsp3) is 0.0769. The minimum Gasteiger partial charge on any atom is -0.382 e. The van der Waals surface area contributed by atoms with E-state index in [9.17, 15) is 0 Å². The van der Waals surface area contributed by atoms with E-state index >= 15 is 0 Å². The van der Waals surface area contributed by atoms with Gasteiger partial charge in [0.2, 0.25) is 0 Å². The predicted molar refractivity (Wildman–Crippen MR) is 76.3 cm³/mol. The third-order valence-corrected chi connectivity index (χ3v) is 3.55. The van der Waals surface area contributed by atoms with Gasteiger partial charge < -0.3 is 5.73 Å². The number of nitrogens with one attached hydrogen (secondary N) is 1. The first kappa shape index (κ1) is 12.9. The molecule has 0 aliphatic rings. The quantitative estimate of drug-likeness (QED) is 0.512. The molecule has 0 fully saturated rings. The van der Waals surface area contributed by atoms with Crippen LogP contribution in [0.5, 0.6) is 0 Å². The van der Waals surface area contributed by atoms with Gasteiger partial charge in [0, 0.05) is 10.8 Å².